The van der Waals surface area contributed by atoms with E-state index in [0.29, 0.717) is 0 Å². The highest BCUT2D eigenvalue weighted by Gasteiger charge is 2.18. The minimum Gasteiger partial charge on any atom is -0.279 e. The Bertz CT molecular complexity index is 843. The summed E-state index contributed by atoms with van der Waals surface area (Å²) < 4.78 is 53.2. The highest BCUT2D eigenvalue weighted by molar-refractivity contribution is 7.92. The molecule has 0 saturated heterocycles. The molecule has 7 heteroatoms. The van der Waals surface area contributed by atoms with Gasteiger partial charge in [-0.05, 0) is 37.3 Å². The first-order valence-corrected chi connectivity index (χ1v) is 7.31. The van der Waals surface area contributed by atoms with Gasteiger partial charge >= 0.3 is 0 Å². The first-order chi connectivity index (χ1) is 9.85. The third-order valence-electron chi connectivity index (χ3n) is 2.88. The lowest BCUT2D eigenvalue weighted by Crippen LogP contribution is -2.14. The lowest BCUT2D eigenvalue weighted by molar-refractivity contribution is 0.599. The van der Waals surface area contributed by atoms with Gasteiger partial charge in [0.15, 0.2) is 0 Å². The molecule has 0 fully saturated rings. The summed E-state index contributed by atoms with van der Waals surface area (Å²) in [6.45, 7) is 1.43. The van der Waals surface area contributed by atoms with Gasteiger partial charge in [0, 0.05) is 5.56 Å². The minimum atomic E-state index is -4.04. The zero-order chi connectivity index (χ0) is 15.6. The Morgan fingerprint density at radius 1 is 1.14 bits per heavy atom. The standard InChI is InChI=1S/C14H10F2N2O2S/c1-9-12(15)3-2-4-14(9)18-21(19,20)11-5-6-13(16)10(7-11)8-17/h2-7,18H,1H3. The van der Waals surface area contributed by atoms with Crippen molar-refractivity contribution in [2.75, 3.05) is 4.72 Å². The summed E-state index contributed by atoms with van der Waals surface area (Å²) >= 11 is 0. The van der Waals surface area contributed by atoms with Gasteiger partial charge in [0.25, 0.3) is 10.0 Å². The van der Waals surface area contributed by atoms with Gasteiger partial charge in [-0.3, -0.25) is 4.72 Å². The molecule has 0 bridgehead atoms. The fourth-order valence-electron chi connectivity index (χ4n) is 1.68. The Labute approximate surface area is 120 Å². The van der Waals surface area contributed by atoms with Crippen LogP contribution in [0.5, 0.6) is 0 Å². The van der Waals surface area contributed by atoms with E-state index in [-0.39, 0.29) is 21.7 Å². The summed E-state index contributed by atoms with van der Waals surface area (Å²) in [5.41, 5.74) is -0.157. The van der Waals surface area contributed by atoms with Crippen LogP contribution < -0.4 is 4.72 Å². The summed E-state index contributed by atoms with van der Waals surface area (Å²) in [4.78, 5) is -0.274. The van der Waals surface area contributed by atoms with Crippen LogP contribution in [0.15, 0.2) is 41.3 Å². The number of nitrogens with one attached hydrogen (secondary N) is 1. The molecule has 0 saturated carbocycles. The SMILES string of the molecule is Cc1c(F)cccc1NS(=O)(=O)c1ccc(F)c(C#N)c1. The molecule has 21 heavy (non-hydrogen) atoms. The molecule has 0 atom stereocenters. The highest BCUT2D eigenvalue weighted by atomic mass is 32.2. The van der Waals surface area contributed by atoms with E-state index in [1.807, 2.05) is 0 Å². The van der Waals surface area contributed by atoms with Gasteiger partial charge in [0.1, 0.15) is 17.7 Å². The maximum absolute atomic E-state index is 13.4. The molecule has 0 aromatic heterocycles. The maximum Gasteiger partial charge on any atom is 0.261 e. The number of halogens is 2. The van der Waals surface area contributed by atoms with Gasteiger partial charge < -0.3 is 0 Å². The molecular formula is C14H10F2N2O2S. The fraction of sp³-hybridized carbons (Fsp3) is 0.0714. The number of benzene rings is 2. The zero-order valence-electron chi connectivity index (χ0n) is 10.9. The van der Waals surface area contributed by atoms with Crippen LogP contribution >= 0.6 is 0 Å². The topological polar surface area (TPSA) is 70.0 Å². The van der Waals surface area contributed by atoms with Crippen LogP contribution in [0.4, 0.5) is 14.5 Å². The number of nitrogens with zero attached hydrogens (tertiary/aromatic N) is 1. The summed E-state index contributed by atoms with van der Waals surface area (Å²) in [5.74, 6) is -1.36. The Morgan fingerprint density at radius 3 is 2.52 bits per heavy atom. The molecule has 2 rings (SSSR count). The molecule has 4 nitrogen and oxygen atoms in total. The van der Waals surface area contributed by atoms with Gasteiger partial charge in [-0.25, -0.2) is 17.2 Å². The second-order valence-electron chi connectivity index (χ2n) is 4.27. The zero-order valence-corrected chi connectivity index (χ0v) is 11.7. The van der Waals surface area contributed by atoms with Crippen LogP contribution in [0.2, 0.25) is 0 Å². The molecule has 0 amide bonds. The van der Waals surface area contributed by atoms with Crippen molar-refractivity contribution in [3.8, 4) is 6.07 Å². The molecule has 108 valence electrons. The number of sulfonamides is 1. The van der Waals surface area contributed by atoms with E-state index < -0.39 is 21.7 Å². The molecule has 0 aliphatic carbocycles. The lowest BCUT2D eigenvalue weighted by atomic mass is 10.2. The third-order valence-corrected chi connectivity index (χ3v) is 4.24. The predicted molar refractivity (Wildman–Crippen MR) is 73.1 cm³/mol. The van der Waals surface area contributed by atoms with Gasteiger partial charge in [-0.1, -0.05) is 6.07 Å². The monoisotopic (exact) mass is 308 g/mol. The number of anilines is 1. The van der Waals surface area contributed by atoms with E-state index >= 15 is 0 Å². The minimum absolute atomic E-state index is 0.0813. The maximum atomic E-state index is 13.4. The Balaban J connectivity index is 2.44. The van der Waals surface area contributed by atoms with Crippen molar-refractivity contribution in [1.29, 1.82) is 5.26 Å². The van der Waals surface area contributed by atoms with Gasteiger partial charge in [-0.2, -0.15) is 5.26 Å². The second kappa shape index (κ2) is 5.50. The molecule has 2 aromatic rings. The third kappa shape index (κ3) is 3.01. The quantitative estimate of drug-likeness (QED) is 0.947. The summed E-state index contributed by atoms with van der Waals surface area (Å²) in [5, 5.41) is 8.72. The smallest absolute Gasteiger partial charge is 0.261 e. The first kappa shape index (κ1) is 14.9. The normalized spacial score (nSPS) is 11.0. The first-order valence-electron chi connectivity index (χ1n) is 5.83. The van der Waals surface area contributed by atoms with Gasteiger partial charge in [-0.15, -0.1) is 0 Å². The van der Waals surface area contributed by atoms with Crippen LogP contribution in [0, 0.1) is 29.9 Å². The van der Waals surface area contributed by atoms with Crippen molar-refractivity contribution in [2.24, 2.45) is 0 Å². The van der Waals surface area contributed by atoms with Crippen molar-refractivity contribution in [3.63, 3.8) is 0 Å². The van der Waals surface area contributed by atoms with E-state index in [1.165, 1.54) is 25.1 Å². The van der Waals surface area contributed by atoms with E-state index in [1.54, 1.807) is 6.07 Å². The largest absolute Gasteiger partial charge is 0.279 e. The van der Waals surface area contributed by atoms with Crippen LogP contribution in [0.1, 0.15) is 11.1 Å². The average molecular weight is 308 g/mol. The predicted octanol–water partition coefficient (Wildman–Crippen LogP) is 2.95. The van der Waals surface area contributed by atoms with Crippen molar-refractivity contribution >= 4 is 15.7 Å². The van der Waals surface area contributed by atoms with Crippen LogP contribution in [-0.4, -0.2) is 8.42 Å². The number of hydrogen-bond acceptors (Lipinski definition) is 3. The average Bonchev–Trinajstić information content (AvgIpc) is 2.44. The van der Waals surface area contributed by atoms with Crippen molar-refractivity contribution in [1.82, 2.24) is 0 Å². The van der Waals surface area contributed by atoms with E-state index in [2.05, 4.69) is 4.72 Å². The van der Waals surface area contributed by atoms with E-state index in [9.17, 15) is 17.2 Å². The van der Waals surface area contributed by atoms with Gasteiger partial charge in [0.2, 0.25) is 0 Å². The van der Waals surface area contributed by atoms with Gasteiger partial charge in [0.05, 0.1) is 16.1 Å². The molecule has 2 aromatic carbocycles. The molecule has 0 unspecified atom stereocenters. The molecule has 0 aliphatic heterocycles. The second-order valence-corrected chi connectivity index (χ2v) is 5.95. The Hall–Kier alpha value is -2.46. The Morgan fingerprint density at radius 2 is 1.86 bits per heavy atom. The highest BCUT2D eigenvalue weighted by Crippen LogP contribution is 2.22. The number of rotatable bonds is 3. The van der Waals surface area contributed by atoms with Crippen molar-refractivity contribution in [2.45, 2.75) is 11.8 Å². The molecule has 0 spiro atoms. The molecule has 0 heterocycles. The van der Waals surface area contributed by atoms with Crippen LogP contribution in [0.3, 0.4) is 0 Å². The lowest BCUT2D eigenvalue weighted by Gasteiger charge is -2.11. The van der Waals surface area contributed by atoms with Crippen LogP contribution in [0.25, 0.3) is 0 Å². The Kier molecular flexibility index (Phi) is 3.91. The van der Waals surface area contributed by atoms with Crippen molar-refractivity contribution < 1.29 is 17.2 Å². The fourth-order valence-corrected chi connectivity index (χ4v) is 2.83. The number of hydrogen-bond donors (Lipinski definition) is 1. The molecule has 1 N–H and O–H groups in total. The molecular weight excluding hydrogens is 298 g/mol. The molecule has 0 radical (unpaired) electrons. The summed E-state index contributed by atoms with van der Waals surface area (Å²) in [6.07, 6.45) is 0. The summed E-state index contributed by atoms with van der Waals surface area (Å²) in [7, 11) is -4.04. The molecule has 0 aliphatic rings. The van der Waals surface area contributed by atoms with E-state index in [4.69, 9.17) is 5.26 Å². The number of nitriles is 1. The van der Waals surface area contributed by atoms with Crippen molar-refractivity contribution in [3.05, 3.63) is 59.2 Å². The van der Waals surface area contributed by atoms with Crippen LogP contribution in [-0.2, 0) is 10.0 Å². The van der Waals surface area contributed by atoms with E-state index in [0.717, 1.165) is 18.2 Å². The summed E-state index contributed by atoms with van der Waals surface area (Å²) in [6, 6.07) is 8.40.